The second kappa shape index (κ2) is 6.47. The first kappa shape index (κ1) is 16.1. The molecule has 2 aliphatic rings. The van der Waals surface area contributed by atoms with Gasteiger partial charge in [0.2, 0.25) is 5.91 Å². The average molecular weight is 337 g/mol. The number of aromatic nitrogens is 1. The predicted octanol–water partition coefficient (Wildman–Crippen LogP) is 2.45. The zero-order chi connectivity index (χ0) is 17.4. The summed E-state index contributed by atoms with van der Waals surface area (Å²) < 4.78 is 0. The summed E-state index contributed by atoms with van der Waals surface area (Å²) in [6.45, 7) is 1.39. The Morgan fingerprint density at radius 1 is 1.16 bits per heavy atom. The molecule has 0 unspecified atom stereocenters. The lowest BCUT2D eigenvalue weighted by molar-refractivity contribution is -0.119. The number of rotatable bonds is 3. The van der Waals surface area contributed by atoms with Crippen LogP contribution in [0.25, 0.3) is 10.9 Å². The van der Waals surface area contributed by atoms with E-state index in [1.54, 1.807) is 0 Å². The van der Waals surface area contributed by atoms with E-state index < -0.39 is 0 Å². The maximum absolute atomic E-state index is 13.3. The third kappa shape index (κ3) is 2.99. The van der Waals surface area contributed by atoms with Gasteiger partial charge in [-0.1, -0.05) is 18.2 Å². The standard InChI is InChI=1S/C20H23N3O2/c21-18(24)12-13-8-10-23(11-9-13)20(25)19-14-4-1-2-6-16(14)22-17-7-3-5-15(17)19/h1-2,4,6,13H,3,5,7-12H2,(H2,21,24). The molecule has 1 aromatic carbocycles. The van der Waals surface area contributed by atoms with Crippen molar-refractivity contribution in [3.05, 3.63) is 41.1 Å². The molecule has 2 amide bonds. The van der Waals surface area contributed by atoms with Crippen molar-refractivity contribution in [2.24, 2.45) is 11.7 Å². The van der Waals surface area contributed by atoms with Gasteiger partial charge in [-0.2, -0.15) is 0 Å². The number of primary amides is 1. The number of carbonyl (C=O) groups is 2. The fourth-order valence-electron chi connectivity index (χ4n) is 4.24. The summed E-state index contributed by atoms with van der Waals surface area (Å²) in [6.07, 6.45) is 5.09. The van der Waals surface area contributed by atoms with Gasteiger partial charge in [0.25, 0.3) is 5.91 Å². The highest BCUT2D eigenvalue weighted by molar-refractivity contribution is 6.07. The fraction of sp³-hybridized carbons (Fsp3) is 0.450. The van der Waals surface area contributed by atoms with Crippen LogP contribution in [0.3, 0.4) is 0 Å². The number of piperidine rings is 1. The number of carbonyl (C=O) groups excluding carboxylic acids is 2. The van der Waals surface area contributed by atoms with Crippen molar-refractivity contribution in [2.75, 3.05) is 13.1 Å². The topological polar surface area (TPSA) is 76.3 Å². The van der Waals surface area contributed by atoms with E-state index in [2.05, 4.69) is 0 Å². The second-order valence-corrected chi connectivity index (χ2v) is 7.19. The number of nitrogens with zero attached hydrogens (tertiary/aromatic N) is 2. The molecule has 0 saturated carbocycles. The number of likely N-dealkylation sites (tertiary alicyclic amines) is 1. The van der Waals surface area contributed by atoms with Crippen LogP contribution in [0.1, 0.15) is 47.3 Å². The van der Waals surface area contributed by atoms with E-state index in [0.29, 0.717) is 25.4 Å². The molecule has 4 rings (SSSR count). The fourth-order valence-corrected chi connectivity index (χ4v) is 4.24. The minimum absolute atomic E-state index is 0.120. The molecule has 0 bridgehead atoms. The molecule has 130 valence electrons. The van der Waals surface area contributed by atoms with E-state index in [1.807, 2.05) is 29.2 Å². The molecule has 2 aromatic rings. The number of benzene rings is 1. The van der Waals surface area contributed by atoms with E-state index in [1.165, 1.54) is 0 Å². The quantitative estimate of drug-likeness (QED) is 0.934. The van der Waals surface area contributed by atoms with Gasteiger partial charge in [-0.15, -0.1) is 0 Å². The van der Waals surface area contributed by atoms with Crippen LogP contribution in [-0.2, 0) is 17.6 Å². The van der Waals surface area contributed by atoms with Crippen LogP contribution in [0, 0.1) is 5.92 Å². The lowest BCUT2D eigenvalue weighted by Crippen LogP contribution is -2.39. The summed E-state index contributed by atoms with van der Waals surface area (Å²) in [7, 11) is 0. The molecule has 2 heterocycles. The largest absolute Gasteiger partial charge is 0.370 e. The van der Waals surface area contributed by atoms with Crippen molar-refractivity contribution in [1.29, 1.82) is 0 Å². The summed E-state index contributed by atoms with van der Waals surface area (Å²) in [4.78, 5) is 31.1. The first-order valence-corrected chi connectivity index (χ1v) is 9.11. The molecule has 1 aromatic heterocycles. The lowest BCUT2D eigenvalue weighted by atomic mass is 9.92. The Morgan fingerprint density at radius 2 is 1.92 bits per heavy atom. The van der Waals surface area contributed by atoms with E-state index in [9.17, 15) is 9.59 Å². The van der Waals surface area contributed by atoms with Crippen molar-refractivity contribution >= 4 is 22.7 Å². The highest BCUT2D eigenvalue weighted by Crippen LogP contribution is 2.32. The Balaban J connectivity index is 1.64. The Bertz CT molecular complexity index is 838. The molecule has 1 aliphatic heterocycles. The van der Waals surface area contributed by atoms with Gasteiger partial charge in [-0.05, 0) is 49.7 Å². The molecule has 0 spiro atoms. The minimum Gasteiger partial charge on any atom is -0.370 e. The first-order valence-electron chi connectivity index (χ1n) is 9.11. The maximum atomic E-state index is 13.3. The van der Waals surface area contributed by atoms with Crippen LogP contribution >= 0.6 is 0 Å². The average Bonchev–Trinajstić information content (AvgIpc) is 3.07. The molecular formula is C20H23N3O2. The maximum Gasteiger partial charge on any atom is 0.254 e. The van der Waals surface area contributed by atoms with Crippen molar-refractivity contribution in [3.63, 3.8) is 0 Å². The summed E-state index contributed by atoms with van der Waals surface area (Å²) in [5, 5.41) is 0.965. The normalized spacial score (nSPS) is 17.7. The second-order valence-electron chi connectivity index (χ2n) is 7.19. The van der Waals surface area contributed by atoms with Gasteiger partial charge >= 0.3 is 0 Å². The Kier molecular flexibility index (Phi) is 4.15. The van der Waals surface area contributed by atoms with E-state index >= 15 is 0 Å². The SMILES string of the molecule is NC(=O)CC1CCN(C(=O)c2c3c(nc4ccccc24)CCC3)CC1. The van der Waals surface area contributed by atoms with Gasteiger partial charge in [0.1, 0.15) is 0 Å². The lowest BCUT2D eigenvalue weighted by Gasteiger charge is -2.32. The number of pyridine rings is 1. The van der Waals surface area contributed by atoms with Gasteiger partial charge in [-0.3, -0.25) is 14.6 Å². The summed E-state index contributed by atoms with van der Waals surface area (Å²) in [5.41, 5.74) is 9.30. The number of amides is 2. The zero-order valence-corrected chi connectivity index (χ0v) is 14.3. The number of hydrogen-bond acceptors (Lipinski definition) is 3. The van der Waals surface area contributed by atoms with Crippen molar-refractivity contribution in [2.45, 2.75) is 38.5 Å². The van der Waals surface area contributed by atoms with Gasteiger partial charge in [0, 0.05) is 30.6 Å². The number of para-hydroxylation sites is 1. The van der Waals surface area contributed by atoms with Crippen LogP contribution in [0.5, 0.6) is 0 Å². The molecule has 1 fully saturated rings. The molecule has 25 heavy (non-hydrogen) atoms. The molecule has 0 radical (unpaired) electrons. The van der Waals surface area contributed by atoms with Crippen LogP contribution in [0.4, 0.5) is 0 Å². The van der Waals surface area contributed by atoms with Gasteiger partial charge in [-0.25, -0.2) is 0 Å². The molecule has 2 N–H and O–H groups in total. The third-order valence-electron chi connectivity index (χ3n) is 5.52. The van der Waals surface area contributed by atoms with Crippen LogP contribution < -0.4 is 5.73 Å². The zero-order valence-electron chi connectivity index (χ0n) is 14.3. The van der Waals surface area contributed by atoms with Crippen molar-refractivity contribution in [1.82, 2.24) is 9.88 Å². The molecule has 5 nitrogen and oxygen atoms in total. The monoisotopic (exact) mass is 337 g/mol. The molecule has 1 aliphatic carbocycles. The van der Waals surface area contributed by atoms with Crippen molar-refractivity contribution in [3.8, 4) is 0 Å². The van der Waals surface area contributed by atoms with E-state index in [4.69, 9.17) is 10.7 Å². The van der Waals surface area contributed by atoms with E-state index in [0.717, 1.165) is 59.8 Å². The van der Waals surface area contributed by atoms with Crippen LogP contribution in [-0.4, -0.2) is 34.8 Å². The first-order chi connectivity index (χ1) is 12.1. The highest BCUT2D eigenvalue weighted by atomic mass is 16.2. The molecule has 5 heteroatoms. The van der Waals surface area contributed by atoms with Gasteiger partial charge < -0.3 is 10.6 Å². The minimum atomic E-state index is -0.247. The van der Waals surface area contributed by atoms with Crippen LogP contribution in [0.2, 0.25) is 0 Å². The Labute approximate surface area is 147 Å². The number of fused-ring (bicyclic) bond motifs is 2. The number of hydrogen-bond donors (Lipinski definition) is 1. The smallest absolute Gasteiger partial charge is 0.254 e. The third-order valence-corrected chi connectivity index (χ3v) is 5.52. The molecule has 1 saturated heterocycles. The Morgan fingerprint density at radius 3 is 2.68 bits per heavy atom. The van der Waals surface area contributed by atoms with Gasteiger partial charge in [0.05, 0.1) is 11.1 Å². The Hall–Kier alpha value is -2.43. The summed E-state index contributed by atoms with van der Waals surface area (Å²) in [5.74, 6) is 0.179. The van der Waals surface area contributed by atoms with E-state index in [-0.39, 0.29) is 11.8 Å². The summed E-state index contributed by atoms with van der Waals surface area (Å²) >= 11 is 0. The number of aryl methyl sites for hydroxylation is 1. The highest BCUT2D eigenvalue weighted by Gasteiger charge is 2.29. The van der Waals surface area contributed by atoms with Crippen LogP contribution in [0.15, 0.2) is 24.3 Å². The number of nitrogens with two attached hydrogens (primary N) is 1. The predicted molar refractivity (Wildman–Crippen MR) is 96.2 cm³/mol. The molecule has 0 atom stereocenters. The van der Waals surface area contributed by atoms with Gasteiger partial charge in [0.15, 0.2) is 0 Å². The summed E-state index contributed by atoms with van der Waals surface area (Å²) in [6, 6.07) is 7.94. The van der Waals surface area contributed by atoms with Crippen molar-refractivity contribution < 1.29 is 9.59 Å². The molecular weight excluding hydrogens is 314 g/mol.